The maximum Gasteiger partial charge on any atom is 0.127 e. The molecule has 1 N–H and O–H groups in total. The second-order valence-corrected chi connectivity index (χ2v) is 4.82. The van der Waals surface area contributed by atoms with Gasteiger partial charge in [-0.15, -0.1) is 6.58 Å². The molecular weight excluding hydrogens is 222 g/mol. The second-order valence-electron chi connectivity index (χ2n) is 4.82. The molecule has 2 rings (SSSR count). The Morgan fingerprint density at radius 1 is 1.50 bits per heavy atom. The molecule has 0 spiro atoms. The lowest BCUT2D eigenvalue weighted by Crippen LogP contribution is -2.23. The maximum absolute atomic E-state index is 5.89. The summed E-state index contributed by atoms with van der Waals surface area (Å²) in [4.78, 5) is 0. The van der Waals surface area contributed by atoms with Crippen molar-refractivity contribution < 1.29 is 4.74 Å². The van der Waals surface area contributed by atoms with Crippen molar-refractivity contribution in [2.24, 2.45) is 0 Å². The molecule has 0 aliphatic carbocycles. The van der Waals surface area contributed by atoms with E-state index in [0.29, 0.717) is 6.04 Å². The number of hydrogen-bond acceptors (Lipinski definition) is 2. The number of nitrogens with one attached hydrogen (secondary N) is 1. The summed E-state index contributed by atoms with van der Waals surface area (Å²) in [6, 6.07) is 6.84. The minimum absolute atomic E-state index is 0.329. The van der Waals surface area contributed by atoms with Gasteiger partial charge in [-0.05, 0) is 37.8 Å². The summed E-state index contributed by atoms with van der Waals surface area (Å²) in [6.07, 6.45) is 6.33. The molecule has 1 aromatic rings. The third-order valence-electron chi connectivity index (χ3n) is 3.38. The van der Waals surface area contributed by atoms with Crippen LogP contribution in [0, 0.1) is 0 Å². The fourth-order valence-corrected chi connectivity index (χ4v) is 2.49. The van der Waals surface area contributed by atoms with Crippen molar-refractivity contribution in [2.45, 2.75) is 38.6 Å². The van der Waals surface area contributed by atoms with Crippen LogP contribution in [0.5, 0.6) is 5.75 Å². The van der Waals surface area contributed by atoms with Crippen LogP contribution in [0.2, 0.25) is 0 Å². The minimum Gasteiger partial charge on any atom is -0.493 e. The first kappa shape index (κ1) is 13.2. The molecule has 1 unspecified atom stereocenters. The number of aryl methyl sites for hydroxylation is 1. The number of para-hydroxylation sites is 1. The van der Waals surface area contributed by atoms with Gasteiger partial charge in [-0.25, -0.2) is 0 Å². The van der Waals surface area contributed by atoms with Crippen molar-refractivity contribution in [2.75, 3.05) is 13.2 Å². The van der Waals surface area contributed by atoms with E-state index < -0.39 is 0 Å². The summed E-state index contributed by atoms with van der Waals surface area (Å²) >= 11 is 0. The summed E-state index contributed by atoms with van der Waals surface area (Å²) in [5.74, 6) is 1.11. The van der Waals surface area contributed by atoms with Gasteiger partial charge in [0.2, 0.25) is 0 Å². The van der Waals surface area contributed by atoms with E-state index in [4.69, 9.17) is 4.74 Å². The molecule has 0 saturated carbocycles. The smallest absolute Gasteiger partial charge is 0.127 e. The van der Waals surface area contributed by atoms with Crippen LogP contribution in [0.25, 0.3) is 0 Å². The Labute approximate surface area is 110 Å². The zero-order chi connectivity index (χ0) is 12.8. The Morgan fingerprint density at radius 3 is 3.17 bits per heavy atom. The van der Waals surface area contributed by atoms with Crippen LogP contribution in [-0.4, -0.2) is 13.2 Å². The van der Waals surface area contributed by atoms with Crippen LogP contribution in [0.15, 0.2) is 30.9 Å². The Kier molecular flexibility index (Phi) is 4.82. The van der Waals surface area contributed by atoms with Gasteiger partial charge in [0, 0.05) is 11.6 Å². The van der Waals surface area contributed by atoms with E-state index in [1.54, 1.807) is 0 Å². The topological polar surface area (TPSA) is 21.3 Å². The van der Waals surface area contributed by atoms with Crippen LogP contribution in [0.3, 0.4) is 0 Å². The van der Waals surface area contributed by atoms with Gasteiger partial charge >= 0.3 is 0 Å². The largest absolute Gasteiger partial charge is 0.493 e. The minimum atomic E-state index is 0.329. The summed E-state index contributed by atoms with van der Waals surface area (Å²) in [5.41, 5.74) is 2.65. The van der Waals surface area contributed by atoms with E-state index in [-0.39, 0.29) is 0 Å². The molecule has 1 atom stereocenters. The molecule has 98 valence electrons. The van der Waals surface area contributed by atoms with E-state index in [1.807, 2.05) is 6.08 Å². The lowest BCUT2D eigenvalue weighted by atomic mass is 9.96. The van der Waals surface area contributed by atoms with E-state index in [2.05, 4.69) is 37.0 Å². The first-order valence-electron chi connectivity index (χ1n) is 6.95. The van der Waals surface area contributed by atoms with Crippen LogP contribution < -0.4 is 10.1 Å². The molecule has 0 bridgehead atoms. The van der Waals surface area contributed by atoms with Crippen molar-refractivity contribution in [3.8, 4) is 5.75 Å². The van der Waals surface area contributed by atoms with Crippen LogP contribution in [-0.2, 0) is 6.42 Å². The Bertz CT molecular complexity index is 400. The number of fused-ring (bicyclic) bond motifs is 1. The zero-order valence-corrected chi connectivity index (χ0v) is 11.2. The van der Waals surface area contributed by atoms with Crippen LogP contribution in [0.4, 0.5) is 0 Å². The quantitative estimate of drug-likeness (QED) is 0.773. The van der Waals surface area contributed by atoms with E-state index in [9.17, 15) is 0 Å². The van der Waals surface area contributed by atoms with Gasteiger partial charge in [0.05, 0.1) is 6.61 Å². The lowest BCUT2D eigenvalue weighted by molar-refractivity contribution is 0.281. The van der Waals surface area contributed by atoms with Gasteiger partial charge in [-0.3, -0.25) is 0 Å². The highest BCUT2D eigenvalue weighted by molar-refractivity contribution is 5.44. The van der Waals surface area contributed by atoms with E-state index >= 15 is 0 Å². The predicted octanol–water partition coefficient (Wildman–Crippen LogP) is 3.63. The van der Waals surface area contributed by atoms with Crippen molar-refractivity contribution in [1.29, 1.82) is 0 Å². The van der Waals surface area contributed by atoms with Gasteiger partial charge in [0.1, 0.15) is 5.75 Å². The highest BCUT2D eigenvalue weighted by atomic mass is 16.5. The molecule has 1 heterocycles. The van der Waals surface area contributed by atoms with Crippen molar-refractivity contribution in [3.63, 3.8) is 0 Å². The first-order valence-corrected chi connectivity index (χ1v) is 6.95. The second kappa shape index (κ2) is 6.60. The monoisotopic (exact) mass is 245 g/mol. The third kappa shape index (κ3) is 2.94. The Balaban J connectivity index is 2.25. The Morgan fingerprint density at radius 2 is 2.39 bits per heavy atom. The molecule has 0 radical (unpaired) electrons. The number of hydrogen-bond donors (Lipinski definition) is 1. The van der Waals surface area contributed by atoms with Gasteiger partial charge in [-0.2, -0.15) is 0 Å². The molecule has 0 saturated heterocycles. The molecule has 2 nitrogen and oxygen atoms in total. The maximum atomic E-state index is 5.89. The standard InChI is InChI=1S/C16H23NO/c1-3-7-15(17-11-4-2)14-10-5-8-13-9-6-12-18-16(13)14/h3,5,8,10,15,17H,1,4,6-7,9,11-12H2,2H3. The number of benzene rings is 1. The lowest BCUT2D eigenvalue weighted by Gasteiger charge is -2.25. The molecule has 0 amide bonds. The Hall–Kier alpha value is -1.28. The summed E-state index contributed by atoms with van der Waals surface area (Å²) in [7, 11) is 0. The predicted molar refractivity (Wildman–Crippen MR) is 76.1 cm³/mol. The fraction of sp³-hybridized carbons (Fsp3) is 0.500. The van der Waals surface area contributed by atoms with Gasteiger partial charge in [-0.1, -0.05) is 31.2 Å². The van der Waals surface area contributed by atoms with Gasteiger partial charge < -0.3 is 10.1 Å². The molecule has 1 aromatic carbocycles. The SMILES string of the molecule is C=CCC(NCCC)c1cccc2c1OCCC2. The van der Waals surface area contributed by atoms with Gasteiger partial charge in [0.15, 0.2) is 0 Å². The molecule has 2 heteroatoms. The van der Waals surface area contributed by atoms with Crippen molar-refractivity contribution >= 4 is 0 Å². The van der Waals surface area contributed by atoms with Crippen molar-refractivity contribution in [1.82, 2.24) is 5.32 Å². The summed E-state index contributed by atoms with van der Waals surface area (Å²) in [6.45, 7) is 7.93. The van der Waals surface area contributed by atoms with E-state index in [0.717, 1.165) is 44.6 Å². The van der Waals surface area contributed by atoms with Crippen molar-refractivity contribution in [3.05, 3.63) is 42.0 Å². The number of ether oxygens (including phenoxy) is 1. The fourth-order valence-electron chi connectivity index (χ4n) is 2.49. The summed E-state index contributed by atoms with van der Waals surface area (Å²) in [5, 5.41) is 3.59. The molecule has 1 aliphatic rings. The molecule has 18 heavy (non-hydrogen) atoms. The normalized spacial score (nSPS) is 15.6. The number of rotatable bonds is 6. The van der Waals surface area contributed by atoms with Gasteiger partial charge in [0.25, 0.3) is 0 Å². The third-order valence-corrected chi connectivity index (χ3v) is 3.38. The average Bonchev–Trinajstić information content (AvgIpc) is 2.43. The van der Waals surface area contributed by atoms with Crippen LogP contribution >= 0.6 is 0 Å². The first-order chi connectivity index (χ1) is 8.86. The molecule has 1 aliphatic heterocycles. The zero-order valence-electron chi connectivity index (χ0n) is 11.2. The van der Waals surface area contributed by atoms with Crippen LogP contribution in [0.1, 0.15) is 43.4 Å². The summed E-state index contributed by atoms with van der Waals surface area (Å²) < 4.78 is 5.89. The molecule has 0 aromatic heterocycles. The average molecular weight is 245 g/mol. The van der Waals surface area contributed by atoms with E-state index in [1.165, 1.54) is 11.1 Å². The molecular formula is C16H23NO. The molecule has 0 fully saturated rings. The highest BCUT2D eigenvalue weighted by Crippen LogP contribution is 2.34. The highest BCUT2D eigenvalue weighted by Gasteiger charge is 2.19.